The lowest BCUT2D eigenvalue weighted by molar-refractivity contribution is -0.132. The summed E-state index contributed by atoms with van der Waals surface area (Å²) in [5.41, 5.74) is 0.918. The van der Waals surface area contributed by atoms with E-state index in [1.807, 2.05) is 38.1 Å². The maximum Gasteiger partial charge on any atom is 0.326 e. The maximum absolute atomic E-state index is 13.3. The molecule has 176 valence electrons. The van der Waals surface area contributed by atoms with Gasteiger partial charge in [0.1, 0.15) is 5.54 Å². The Morgan fingerprint density at radius 2 is 1.62 bits per heavy atom. The molecule has 3 rings (SSSR count). The summed E-state index contributed by atoms with van der Waals surface area (Å²) in [5.74, 6) is -0.208. The van der Waals surface area contributed by atoms with Gasteiger partial charge in [-0.2, -0.15) is 0 Å². The van der Waals surface area contributed by atoms with Crippen molar-refractivity contribution in [3.05, 3.63) is 35.4 Å². The van der Waals surface area contributed by atoms with E-state index in [2.05, 4.69) is 41.2 Å². The lowest BCUT2D eigenvalue weighted by atomic mass is 9.84. The summed E-state index contributed by atoms with van der Waals surface area (Å²) < 4.78 is 0. The Morgan fingerprint density at radius 3 is 2.16 bits per heavy atom. The number of nitrogens with one attached hydrogen (secondary N) is 2. The number of hydrogen-bond donors (Lipinski definition) is 2. The van der Waals surface area contributed by atoms with Gasteiger partial charge in [0.2, 0.25) is 5.91 Å². The quantitative estimate of drug-likeness (QED) is 0.656. The molecule has 0 unspecified atom stereocenters. The van der Waals surface area contributed by atoms with E-state index in [-0.39, 0.29) is 36.0 Å². The van der Waals surface area contributed by atoms with E-state index in [1.165, 1.54) is 10.5 Å². The molecule has 4 amide bonds. The smallest absolute Gasteiger partial charge is 0.326 e. The van der Waals surface area contributed by atoms with Gasteiger partial charge < -0.3 is 10.6 Å². The highest BCUT2D eigenvalue weighted by Gasteiger charge is 2.49. The normalized spacial score (nSPS) is 23.0. The molecule has 2 N–H and O–H groups in total. The van der Waals surface area contributed by atoms with Crippen molar-refractivity contribution in [2.75, 3.05) is 39.4 Å². The van der Waals surface area contributed by atoms with Gasteiger partial charge in [-0.15, -0.1) is 0 Å². The highest BCUT2D eigenvalue weighted by Crippen LogP contribution is 2.31. The van der Waals surface area contributed by atoms with Crippen molar-refractivity contribution >= 4 is 17.8 Å². The van der Waals surface area contributed by atoms with Crippen LogP contribution in [0, 0.1) is 0 Å². The number of urea groups is 1. The SMILES string of the molecule is CC(C)NC(=O)CN1CCN(CN2C(=O)N[C@](C)(c3ccc(C(C)(C)C)cc3)C2=O)CC1. The van der Waals surface area contributed by atoms with E-state index in [0.29, 0.717) is 19.6 Å². The summed E-state index contributed by atoms with van der Waals surface area (Å²) in [6, 6.07) is 7.68. The van der Waals surface area contributed by atoms with E-state index in [9.17, 15) is 14.4 Å². The van der Waals surface area contributed by atoms with Gasteiger partial charge in [-0.1, -0.05) is 45.0 Å². The van der Waals surface area contributed by atoms with Crippen LogP contribution in [0.3, 0.4) is 0 Å². The Labute approximate surface area is 191 Å². The van der Waals surface area contributed by atoms with Gasteiger partial charge in [-0.25, -0.2) is 9.69 Å². The van der Waals surface area contributed by atoms with Crippen LogP contribution in [-0.4, -0.2) is 78.0 Å². The third-order valence-electron chi connectivity index (χ3n) is 6.23. The molecule has 2 saturated heterocycles. The molecule has 0 aromatic heterocycles. The van der Waals surface area contributed by atoms with Crippen LogP contribution in [0.15, 0.2) is 24.3 Å². The zero-order chi connectivity index (χ0) is 23.7. The number of carbonyl (C=O) groups is 3. The van der Waals surface area contributed by atoms with Gasteiger partial charge >= 0.3 is 6.03 Å². The first-order chi connectivity index (χ1) is 14.9. The second-order valence-corrected chi connectivity index (χ2v) is 10.4. The molecule has 32 heavy (non-hydrogen) atoms. The van der Waals surface area contributed by atoms with E-state index >= 15 is 0 Å². The summed E-state index contributed by atoms with van der Waals surface area (Å²) in [5, 5.41) is 5.80. The van der Waals surface area contributed by atoms with E-state index in [1.54, 1.807) is 6.92 Å². The van der Waals surface area contributed by atoms with Crippen molar-refractivity contribution in [2.24, 2.45) is 0 Å². The van der Waals surface area contributed by atoms with Crippen LogP contribution >= 0.6 is 0 Å². The molecule has 1 aromatic carbocycles. The Bertz CT molecular complexity index is 853. The first kappa shape index (κ1) is 24.2. The summed E-state index contributed by atoms with van der Waals surface area (Å²) in [7, 11) is 0. The number of nitrogens with zero attached hydrogens (tertiary/aromatic N) is 3. The third kappa shape index (κ3) is 5.30. The van der Waals surface area contributed by atoms with Crippen molar-refractivity contribution in [3.63, 3.8) is 0 Å². The number of hydrogen-bond acceptors (Lipinski definition) is 5. The molecule has 0 saturated carbocycles. The molecular weight excluding hydrogens is 406 g/mol. The first-order valence-corrected chi connectivity index (χ1v) is 11.4. The third-order valence-corrected chi connectivity index (χ3v) is 6.23. The number of amides is 4. The molecule has 0 spiro atoms. The molecule has 0 bridgehead atoms. The van der Waals surface area contributed by atoms with Crippen LogP contribution in [0.25, 0.3) is 0 Å². The number of imide groups is 1. The topological polar surface area (TPSA) is 85.0 Å². The average molecular weight is 444 g/mol. The minimum atomic E-state index is -1.07. The minimum absolute atomic E-state index is 0.0199. The summed E-state index contributed by atoms with van der Waals surface area (Å²) in [6.07, 6.45) is 0. The Kier molecular flexibility index (Phi) is 6.95. The fourth-order valence-electron chi connectivity index (χ4n) is 4.18. The van der Waals surface area contributed by atoms with Crippen LogP contribution in [0.2, 0.25) is 0 Å². The molecule has 2 aliphatic heterocycles. The predicted molar refractivity (Wildman–Crippen MR) is 124 cm³/mol. The van der Waals surface area contributed by atoms with Crippen molar-refractivity contribution in [1.29, 1.82) is 0 Å². The molecule has 2 heterocycles. The van der Waals surface area contributed by atoms with E-state index in [0.717, 1.165) is 18.7 Å². The standard InChI is InChI=1S/C24H37N5O3/c1-17(2)25-20(30)15-27-11-13-28(14-12-27)16-29-21(31)24(6,26-22(29)32)19-9-7-18(8-10-19)23(3,4)5/h7-10,17H,11-16H2,1-6H3,(H,25,30)(H,26,32)/t24-/m1/s1. The summed E-state index contributed by atoms with van der Waals surface area (Å²) in [6.45, 7) is 15.6. The predicted octanol–water partition coefficient (Wildman–Crippen LogP) is 1.85. The molecule has 0 radical (unpaired) electrons. The molecule has 2 aliphatic rings. The van der Waals surface area contributed by atoms with Crippen LogP contribution in [0.5, 0.6) is 0 Å². The summed E-state index contributed by atoms with van der Waals surface area (Å²) in [4.78, 5) is 43.4. The molecule has 2 fully saturated rings. The van der Waals surface area contributed by atoms with Crippen LogP contribution in [0.4, 0.5) is 4.79 Å². The van der Waals surface area contributed by atoms with Gasteiger partial charge in [-0.3, -0.25) is 19.4 Å². The van der Waals surface area contributed by atoms with Gasteiger partial charge in [0.25, 0.3) is 5.91 Å². The second kappa shape index (κ2) is 9.19. The Hall–Kier alpha value is -2.45. The van der Waals surface area contributed by atoms with E-state index in [4.69, 9.17) is 0 Å². The zero-order valence-electron chi connectivity index (χ0n) is 20.2. The molecule has 8 nitrogen and oxygen atoms in total. The molecule has 1 aromatic rings. The van der Waals surface area contributed by atoms with Gasteiger partial charge in [-0.05, 0) is 37.3 Å². The molecular formula is C24H37N5O3. The zero-order valence-corrected chi connectivity index (χ0v) is 20.2. The first-order valence-electron chi connectivity index (χ1n) is 11.4. The van der Waals surface area contributed by atoms with Crippen LogP contribution in [0.1, 0.15) is 52.7 Å². The Balaban J connectivity index is 1.59. The molecule has 8 heteroatoms. The molecule has 0 aliphatic carbocycles. The van der Waals surface area contributed by atoms with Crippen LogP contribution in [-0.2, 0) is 20.5 Å². The number of benzene rings is 1. The number of carbonyl (C=O) groups excluding carboxylic acids is 3. The van der Waals surface area contributed by atoms with E-state index < -0.39 is 5.54 Å². The largest absolute Gasteiger partial charge is 0.353 e. The Morgan fingerprint density at radius 1 is 1.06 bits per heavy atom. The molecule has 1 atom stereocenters. The van der Waals surface area contributed by atoms with Crippen molar-refractivity contribution in [2.45, 2.75) is 58.5 Å². The number of piperazine rings is 1. The second-order valence-electron chi connectivity index (χ2n) is 10.4. The summed E-state index contributed by atoms with van der Waals surface area (Å²) >= 11 is 0. The highest BCUT2D eigenvalue weighted by atomic mass is 16.2. The van der Waals surface area contributed by atoms with Gasteiger partial charge in [0, 0.05) is 32.2 Å². The van der Waals surface area contributed by atoms with Gasteiger partial charge in [0.15, 0.2) is 0 Å². The van der Waals surface area contributed by atoms with Crippen LogP contribution < -0.4 is 10.6 Å². The monoisotopic (exact) mass is 443 g/mol. The average Bonchev–Trinajstić information content (AvgIpc) is 2.92. The fraction of sp³-hybridized carbons (Fsp3) is 0.625. The maximum atomic E-state index is 13.3. The highest BCUT2D eigenvalue weighted by molar-refractivity contribution is 6.07. The number of rotatable bonds is 6. The van der Waals surface area contributed by atoms with Crippen molar-refractivity contribution in [3.8, 4) is 0 Å². The van der Waals surface area contributed by atoms with Gasteiger partial charge in [0.05, 0.1) is 13.2 Å². The lowest BCUT2D eigenvalue weighted by Crippen LogP contribution is -2.53. The van der Waals surface area contributed by atoms with Crippen molar-refractivity contribution < 1.29 is 14.4 Å². The van der Waals surface area contributed by atoms with Crippen molar-refractivity contribution in [1.82, 2.24) is 25.3 Å². The fourth-order valence-corrected chi connectivity index (χ4v) is 4.18. The minimum Gasteiger partial charge on any atom is -0.353 e. The lowest BCUT2D eigenvalue weighted by Gasteiger charge is -2.35.